The quantitative estimate of drug-likeness (QED) is 0.161. The van der Waals surface area contributed by atoms with Crippen molar-refractivity contribution in [1.29, 1.82) is 0 Å². The molecule has 0 spiro atoms. The lowest BCUT2D eigenvalue weighted by atomic mass is 9.92. The summed E-state index contributed by atoms with van der Waals surface area (Å²) in [4.78, 5) is 2.45. The largest absolute Gasteiger partial charge is 0.455 e. The summed E-state index contributed by atoms with van der Waals surface area (Å²) in [6, 6.07) is 74.3. The van der Waals surface area contributed by atoms with Gasteiger partial charge in [-0.15, -0.1) is 0 Å². The molecule has 11 rings (SSSR count). The molecule has 0 aliphatic rings. The second kappa shape index (κ2) is 14.1. The first kappa shape index (κ1) is 34.6. The van der Waals surface area contributed by atoms with E-state index in [1.54, 1.807) is 0 Å². The molecule has 0 saturated carbocycles. The molecule has 3 heteroatoms. The van der Waals surface area contributed by atoms with E-state index in [1.807, 2.05) is 0 Å². The maximum absolute atomic E-state index is 6.98. The summed E-state index contributed by atoms with van der Waals surface area (Å²) in [6.45, 7) is 4.39. The number of anilines is 3. The number of hydrogen-bond donors (Lipinski definition) is 0. The number of benzene rings is 9. The molecule has 0 atom stereocenters. The summed E-state index contributed by atoms with van der Waals surface area (Å²) in [5, 5.41) is 4.65. The van der Waals surface area contributed by atoms with Crippen LogP contribution in [0, 0.1) is 13.8 Å². The minimum absolute atomic E-state index is 0.859. The minimum atomic E-state index is 0.859. The third-order valence-corrected chi connectivity index (χ3v) is 11.7. The second-order valence-electron chi connectivity index (χ2n) is 15.4. The van der Waals surface area contributed by atoms with Crippen LogP contribution in [0.2, 0.25) is 0 Å². The summed E-state index contributed by atoms with van der Waals surface area (Å²) in [5.74, 6) is 0. The normalized spacial score (nSPS) is 11.6. The average Bonchev–Trinajstić information content (AvgIpc) is 3.85. The Kier molecular flexibility index (Phi) is 8.27. The highest BCUT2D eigenvalue weighted by Crippen LogP contribution is 2.50. The van der Waals surface area contributed by atoms with E-state index in [9.17, 15) is 0 Å². The van der Waals surface area contributed by atoms with E-state index in [-0.39, 0.29) is 0 Å². The Morgan fingerprint density at radius 1 is 0.441 bits per heavy atom. The molecule has 0 bridgehead atoms. The molecule has 11 aromatic rings. The standard InChI is InChI=1S/C56H40N2O/c1-37-28-30-43(31-29-37)58(55-38(2)34-42(39-16-5-3-6-17-39)36-49(55)40-18-7-4-8-19-40)52-33-32-45(56-54(52)48-24-11-14-27-53(48)59-56)41-20-15-21-44(35-41)57-50-25-12-9-22-46(50)47-23-10-13-26-51(47)57/h3-36H,1-2H3. The first-order valence-corrected chi connectivity index (χ1v) is 20.3. The van der Waals surface area contributed by atoms with Crippen molar-refractivity contribution >= 4 is 60.8 Å². The van der Waals surface area contributed by atoms with Crippen molar-refractivity contribution in [3.8, 4) is 39.1 Å². The van der Waals surface area contributed by atoms with Gasteiger partial charge in [-0.25, -0.2) is 0 Å². The van der Waals surface area contributed by atoms with Gasteiger partial charge in [0.25, 0.3) is 0 Å². The Bertz CT molecular complexity index is 3280. The highest BCUT2D eigenvalue weighted by Gasteiger charge is 2.26. The maximum Gasteiger partial charge on any atom is 0.145 e. The number of aromatic nitrogens is 1. The molecule has 0 unspecified atom stereocenters. The number of fused-ring (bicyclic) bond motifs is 6. The van der Waals surface area contributed by atoms with E-state index in [0.29, 0.717) is 0 Å². The number of para-hydroxylation sites is 3. The highest BCUT2D eigenvalue weighted by atomic mass is 16.3. The van der Waals surface area contributed by atoms with Gasteiger partial charge in [-0.3, -0.25) is 0 Å². The Labute approximate surface area is 343 Å². The molecule has 2 aromatic heterocycles. The van der Waals surface area contributed by atoms with Crippen LogP contribution in [0.3, 0.4) is 0 Å². The van der Waals surface area contributed by atoms with Crippen LogP contribution >= 0.6 is 0 Å². The zero-order chi connectivity index (χ0) is 39.5. The third kappa shape index (κ3) is 5.82. The van der Waals surface area contributed by atoms with Crippen molar-refractivity contribution in [1.82, 2.24) is 4.57 Å². The number of nitrogens with zero attached hydrogens (tertiary/aromatic N) is 2. The zero-order valence-corrected chi connectivity index (χ0v) is 32.9. The summed E-state index contributed by atoms with van der Waals surface area (Å²) in [7, 11) is 0. The Hall–Kier alpha value is -7.62. The van der Waals surface area contributed by atoms with E-state index in [2.05, 4.69) is 230 Å². The maximum atomic E-state index is 6.98. The summed E-state index contributed by atoms with van der Waals surface area (Å²) >= 11 is 0. The Morgan fingerprint density at radius 2 is 1.05 bits per heavy atom. The fourth-order valence-corrected chi connectivity index (χ4v) is 9.03. The van der Waals surface area contributed by atoms with Gasteiger partial charge in [0.2, 0.25) is 0 Å². The fourth-order valence-electron chi connectivity index (χ4n) is 9.03. The van der Waals surface area contributed by atoms with Gasteiger partial charge in [0.05, 0.1) is 27.8 Å². The summed E-state index contributed by atoms with van der Waals surface area (Å²) in [6.07, 6.45) is 0. The molecule has 0 radical (unpaired) electrons. The van der Waals surface area contributed by atoms with Crippen LogP contribution in [0.15, 0.2) is 211 Å². The predicted molar refractivity (Wildman–Crippen MR) is 249 cm³/mol. The monoisotopic (exact) mass is 756 g/mol. The lowest BCUT2D eigenvalue weighted by molar-refractivity contribution is 0.670. The van der Waals surface area contributed by atoms with Crippen molar-refractivity contribution in [2.45, 2.75) is 13.8 Å². The molecule has 9 aromatic carbocycles. The molecular formula is C56H40N2O. The molecule has 0 fully saturated rings. The third-order valence-electron chi connectivity index (χ3n) is 11.7. The first-order chi connectivity index (χ1) is 29.1. The topological polar surface area (TPSA) is 21.3 Å². The summed E-state index contributed by atoms with van der Waals surface area (Å²) in [5.41, 5.74) is 17.7. The number of rotatable bonds is 7. The van der Waals surface area contributed by atoms with Gasteiger partial charge >= 0.3 is 0 Å². The molecule has 0 amide bonds. The molecule has 280 valence electrons. The zero-order valence-electron chi connectivity index (χ0n) is 32.9. The SMILES string of the molecule is Cc1ccc(N(c2c(C)cc(-c3ccccc3)cc2-c2ccccc2)c2ccc(-c3cccc(-n4c5ccccc5c5ccccc54)c3)c3oc4ccccc4c23)cc1. The van der Waals surface area contributed by atoms with Crippen molar-refractivity contribution in [2.75, 3.05) is 4.90 Å². The molecule has 3 nitrogen and oxygen atoms in total. The van der Waals surface area contributed by atoms with Crippen LogP contribution in [0.1, 0.15) is 11.1 Å². The molecular weight excluding hydrogens is 717 g/mol. The van der Waals surface area contributed by atoms with Gasteiger partial charge in [0, 0.05) is 38.7 Å². The number of hydrogen-bond acceptors (Lipinski definition) is 2. The molecule has 0 saturated heterocycles. The lowest BCUT2D eigenvalue weighted by Gasteiger charge is -2.31. The fraction of sp³-hybridized carbons (Fsp3) is 0.0357. The Balaban J connectivity index is 1.17. The smallest absolute Gasteiger partial charge is 0.145 e. The first-order valence-electron chi connectivity index (χ1n) is 20.3. The molecule has 0 N–H and O–H groups in total. The molecule has 0 aliphatic heterocycles. The van der Waals surface area contributed by atoms with E-state index in [4.69, 9.17) is 4.42 Å². The van der Waals surface area contributed by atoms with Gasteiger partial charge in [-0.2, -0.15) is 0 Å². The predicted octanol–water partition coefficient (Wildman–Crippen LogP) is 15.8. The van der Waals surface area contributed by atoms with E-state index in [1.165, 1.54) is 44.1 Å². The van der Waals surface area contributed by atoms with Crippen LogP contribution in [-0.4, -0.2) is 4.57 Å². The average molecular weight is 757 g/mol. The Morgan fingerprint density at radius 3 is 1.76 bits per heavy atom. The van der Waals surface area contributed by atoms with Crippen molar-refractivity contribution in [2.24, 2.45) is 0 Å². The number of furan rings is 1. The van der Waals surface area contributed by atoms with Gasteiger partial charge in [0.15, 0.2) is 0 Å². The van der Waals surface area contributed by atoms with Crippen molar-refractivity contribution in [3.63, 3.8) is 0 Å². The molecule has 2 heterocycles. The van der Waals surface area contributed by atoms with Crippen LogP contribution in [0.5, 0.6) is 0 Å². The second-order valence-corrected chi connectivity index (χ2v) is 15.4. The van der Waals surface area contributed by atoms with Gasteiger partial charge < -0.3 is 13.9 Å². The van der Waals surface area contributed by atoms with E-state index in [0.717, 1.165) is 66.9 Å². The van der Waals surface area contributed by atoms with Crippen molar-refractivity contribution < 1.29 is 4.42 Å². The van der Waals surface area contributed by atoms with Crippen LogP contribution in [-0.2, 0) is 0 Å². The van der Waals surface area contributed by atoms with E-state index < -0.39 is 0 Å². The molecule has 59 heavy (non-hydrogen) atoms. The lowest BCUT2D eigenvalue weighted by Crippen LogP contribution is -2.13. The summed E-state index contributed by atoms with van der Waals surface area (Å²) < 4.78 is 9.36. The van der Waals surface area contributed by atoms with Gasteiger partial charge in [0.1, 0.15) is 11.2 Å². The highest BCUT2D eigenvalue weighted by molar-refractivity contribution is 6.18. The van der Waals surface area contributed by atoms with Gasteiger partial charge in [-0.1, -0.05) is 145 Å². The van der Waals surface area contributed by atoms with Crippen LogP contribution in [0.25, 0.3) is 82.8 Å². The van der Waals surface area contributed by atoms with Crippen LogP contribution in [0.4, 0.5) is 17.1 Å². The number of aryl methyl sites for hydroxylation is 2. The minimum Gasteiger partial charge on any atom is -0.455 e. The van der Waals surface area contributed by atoms with E-state index >= 15 is 0 Å². The van der Waals surface area contributed by atoms with Gasteiger partial charge in [-0.05, 0) is 108 Å². The molecule has 0 aliphatic carbocycles. The van der Waals surface area contributed by atoms with Crippen LogP contribution < -0.4 is 4.90 Å². The van der Waals surface area contributed by atoms with Crippen molar-refractivity contribution in [3.05, 3.63) is 217 Å².